The molecule has 14 heteroatoms. The quantitative estimate of drug-likeness (QED) is 0.0413. The second-order valence-corrected chi connectivity index (χ2v) is 22.0. The number of carbonyl (C=O) groups is 3. The molecule has 0 amide bonds. The van der Waals surface area contributed by atoms with Crippen LogP contribution in [0, 0.1) is 17.8 Å². The molecular weight excluding hydrogens is 1160 g/mol. The molecule has 0 saturated heterocycles. The highest BCUT2D eigenvalue weighted by Gasteiger charge is 2.48. The number of benzene rings is 6. The van der Waals surface area contributed by atoms with Gasteiger partial charge in [-0.05, 0) is 160 Å². The second kappa shape index (κ2) is 31.2. The number of methoxy groups -OCH3 is 3. The molecule has 11 nitrogen and oxygen atoms in total. The first-order valence-corrected chi connectivity index (χ1v) is 27.4. The van der Waals surface area contributed by atoms with E-state index in [1.54, 1.807) is 62.6 Å². The zero-order chi connectivity index (χ0) is 55.9. The van der Waals surface area contributed by atoms with Crippen molar-refractivity contribution in [1.29, 1.82) is 0 Å². The topological polar surface area (TPSA) is 158 Å². The number of ether oxygens (including phenoxy) is 3. The van der Waals surface area contributed by atoms with Crippen LogP contribution in [-0.4, -0.2) is 60.9 Å². The number of Topliss-reactive ketones (excluding diaryl/α,β-unsaturated/α-hetero) is 1. The molecule has 76 heavy (non-hydrogen) atoms. The summed E-state index contributed by atoms with van der Waals surface area (Å²) >= 11 is 10.4. The number of hydrogen-bond acceptors (Lipinski definition) is 11. The van der Waals surface area contributed by atoms with Crippen molar-refractivity contribution < 1.29 is 54.3 Å². The van der Waals surface area contributed by atoms with Gasteiger partial charge >= 0.3 is 11.9 Å². The zero-order valence-electron chi connectivity index (χ0n) is 44.5. The molecule has 0 aromatic heterocycles. The zero-order valence-corrected chi connectivity index (χ0v) is 49.2. The SMILES string of the molecule is CC(=O)C(C)(c1ccc(Br)cc1)C1CC1.CC(OO)C(C)(c1ccc(Br)cc1)C1CC1.CO/C(=C/C(C)(c1ccc(Br)cc1)C1CC1)c1ccccc1.COC(=O)c1ccccc1.COC(=O)c1ccccc1.OOO. The smallest absolute Gasteiger partial charge is 0.337 e. The summed E-state index contributed by atoms with van der Waals surface area (Å²) in [4.78, 5) is 38.0. The fourth-order valence-corrected chi connectivity index (χ4v) is 9.83. The summed E-state index contributed by atoms with van der Waals surface area (Å²) in [5.74, 6) is 2.53. The summed E-state index contributed by atoms with van der Waals surface area (Å²) in [6.45, 7) is 10.2. The Morgan fingerprint density at radius 1 is 0.500 bits per heavy atom. The Kier molecular flexibility index (Phi) is 26.0. The van der Waals surface area contributed by atoms with E-state index < -0.39 is 0 Å². The average Bonchev–Trinajstić information content (AvgIpc) is 4.25. The summed E-state index contributed by atoms with van der Waals surface area (Å²) in [5.41, 5.74) is 5.71. The third-order valence-electron chi connectivity index (χ3n) is 14.5. The summed E-state index contributed by atoms with van der Waals surface area (Å²) in [6.07, 6.45) is 9.52. The third-order valence-corrected chi connectivity index (χ3v) is 16.0. The Balaban J connectivity index is 0.000000209. The Labute approximate surface area is 473 Å². The number of carbonyl (C=O) groups excluding carboxylic acids is 3. The predicted octanol–water partition coefficient (Wildman–Crippen LogP) is 16.4. The molecule has 0 spiro atoms. The van der Waals surface area contributed by atoms with Gasteiger partial charge in [0.2, 0.25) is 0 Å². The Morgan fingerprint density at radius 2 is 0.842 bits per heavy atom. The van der Waals surface area contributed by atoms with E-state index in [9.17, 15) is 14.4 Å². The lowest BCUT2D eigenvalue weighted by molar-refractivity contribution is -0.465. The van der Waals surface area contributed by atoms with Crippen LogP contribution in [0.15, 0.2) is 183 Å². The number of halogens is 3. The van der Waals surface area contributed by atoms with Crippen LogP contribution < -0.4 is 0 Å². The predicted molar refractivity (Wildman–Crippen MR) is 310 cm³/mol. The molecule has 9 rings (SSSR count). The van der Waals surface area contributed by atoms with Gasteiger partial charge < -0.3 is 14.2 Å². The van der Waals surface area contributed by atoms with Crippen LogP contribution in [0.4, 0.5) is 0 Å². The lowest BCUT2D eigenvalue weighted by Gasteiger charge is -2.34. The van der Waals surface area contributed by atoms with E-state index in [0.717, 1.165) is 30.3 Å². The highest BCUT2D eigenvalue weighted by Crippen LogP contribution is 2.51. The van der Waals surface area contributed by atoms with Crippen LogP contribution >= 0.6 is 47.8 Å². The Hall–Kier alpha value is -5.29. The number of allylic oxidation sites excluding steroid dienone is 1. The molecule has 3 fully saturated rings. The lowest BCUT2D eigenvalue weighted by atomic mass is 9.74. The maximum atomic E-state index is 11.8. The molecular formula is C62H71Br3O11. The van der Waals surface area contributed by atoms with Gasteiger partial charge in [-0.1, -0.05) is 170 Å². The highest BCUT2D eigenvalue weighted by atomic mass is 79.9. The van der Waals surface area contributed by atoms with Gasteiger partial charge in [-0.25, -0.2) is 25.0 Å². The highest BCUT2D eigenvalue weighted by molar-refractivity contribution is 9.11. The number of hydrogen-bond donors (Lipinski definition) is 3. The molecule has 406 valence electrons. The van der Waals surface area contributed by atoms with E-state index in [4.69, 9.17) is 20.5 Å². The molecule has 6 aromatic rings. The van der Waals surface area contributed by atoms with Crippen molar-refractivity contribution in [3.05, 3.63) is 217 Å². The number of rotatable bonds is 14. The van der Waals surface area contributed by atoms with Gasteiger partial charge in [-0.3, -0.25) is 10.1 Å². The van der Waals surface area contributed by atoms with Crippen LogP contribution in [0.5, 0.6) is 0 Å². The molecule has 4 atom stereocenters. The Bertz CT molecular complexity index is 2640. The molecule has 0 heterocycles. The summed E-state index contributed by atoms with van der Waals surface area (Å²) in [5, 5.41) is 24.5. The minimum absolute atomic E-state index is 0.0158. The first-order valence-electron chi connectivity index (χ1n) is 25.0. The van der Waals surface area contributed by atoms with Crippen LogP contribution in [0.1, 0.15) is 116 Å². The van der Waals surface area contributed by atoms with E-state index in [0.29, 0.717) is 28.9 Å². The van der Waals surface area contributed by atoms with Crippen molar-refractivity contribution in [1.82, 2.24) is 0 Å². The van der Waals surface area contributed by atoms with Gasteiger partial charge in [0.25, 0.3) is 0 Å². The van der Waals surface area contributed by atoms with E-state index >= 15 is 0 Å². The molecule has 3 saturated carbocycles. The van der Waals surface area contributed by atoms with E-state index in [1.165, 1.54) is 63.9 Å². The van der Waals surface area contributed by atoms with Crippen molar-refractivity contribution >= 4 is 71.3 Å². The first kappa shape index (κ1) is 63.2. The normalized spacial score (nSPS) is 16.2. The maximum Gasteiger partial charge on any atom is 0.337 e. The van der Waals surface area contributed by atoms with Crippen LogP contribution in [0.25, 0.3) is 5.76 Å². The van der Waals surface area contributed by atoms with Crippen LogP contribution in [0.3, 0.4) is 0 Å². The molecule has 3 aliphatic carbocycles. The molecule has 0 bridgehead atoms. The number of ketones is 1. The minimum Gasteiger partial charge on any atom is -0.496 e. The molecule has 4 unspecified atom stereocenters. The molecule has 0 aliphatic heterocycles. The maximum absolute atomic E-state index is 11.8. The Morgan fingerprint density at radius 3 is 1.16 bits per heavy atom. The fourth-order valence-electron chi connectivity index (χ4n) is 9.03. The van der Waals surface area contributed by atoms with Gasteiger partial charge in [-0.2, -0.15) is 0 Å². The summed E-state index contributed by atoms with van der Waals surface area (Å²) < 4.78 is 18.0. The van der Waals surface area contributed by atoms with Crippen molar-refractivity contribution in [2.75, 3.05) is 21.3 Å². The average molecular weight is 1230 g/mol. The minimum atomic E-state index is -0.291. The van der Waals surface area contributed by atoms with Gasteiger partial charge in [0.15, 0.2) is 0 Å². The third kappa shape index (κ3) is 18.4. The van der Waals surface area contributed by atoms with Crippen molar-refractivity contribution in [2.24, 2.45) is 17.8 Å². The van der Waals surface area contributed by atoms with Crippen molar-refractivity contribution in [3.63, 3.8) is 0 Å². The van der Waals surface area contributed by atoms with Gasteiger partial charge in [0, 0.05) is 29.8 Å². The van der Waals surface area contributed by atoms with E-state index in [-0.39, 0.29) is 40.1 Å². The van der Waals surface area contributed by atoms with E-state index in [2.05, 4.69) is 167 Å². The monoisotopic (exact) mass is 1230 g/mol. The van der Waals surface area contributed by atoms with Gasteiger partial charge in [0.05, 0.1) is 44.0 Å². The van der Waals surface area contributed by atoms with Crippen LogP contribution in [-0.2, 0) is 45.2 Å². The van der Waals surface area contributed by atoms with Crippen molar-refractivity contribution in [3.8, 4) is 0 Å². The standard InChI is InChI=1S/C20H21BrO.C13H17BrO2.C13H15BrO.2C8H8O2.H2O3/c1-20(16-8-9-16,17-10-12-18(21)13-11-17)14-19(22-2)15-6-4-3-5-7-15;1-9(16-15)13(2,10-3-4-10)11-5-7-12(14)8-6-11;1-9(15)13(2,10-3-4-10)11-5-7-12(14)8-6-11;2*1-10-8(9)7-5-3-2-4-6-7;1-3-2/h3-7,10-14,16H,8-9H2,1-2H3;5-10,15H,3-4H2,1-2H3;5-8,10H,3-4H2,1-2H3;2*2-6H,1H3;1-2H/b19-14+;;;;;. The first-order chi connectivity index (χ1) is 36.4. The largest absolute Gasteiger partial charge is 0.496 e. The van der Waals surface area contributed by atoms with Crippen LogP contribution in [0.2, 0.25) is 0 Å². The summed E-state index contributed by atoms with van der Waals surface area (Å²) in [6, 6.07) is 53.2. The summed E-state index contributed by atoms with van der Waals surface area (Å²) in [7, 11) is 4.50. The molecule has 3 N–H and O–H groups in total. The molecule has 6 aromatic carbocycles. The van der Waals surface area contributed by atoms with E-state index in [1.807, 2.05) is 49.4 Å². The van der Waals surface area contributed by atoms with Crippen molar-refractivity contribution in [2.45, 2.75) is 95.5 Å². The fraction of sp³-hybridized carbons (Fsp3) is 0.339. The lowest BCUT2D eigenvalue weighted by Crippen LogP contribution is -2.38. The molecule has 0 radical (unpaired) electrons. The van der Waals surface area contributed by atoms with Gasteiger partial charge in [-0.15, -0.1) is 0 Å². The number of esters is 2. The molecule has 3 aliphatic rings. The second-order valence-electron chi connectivity index (χ2n) is 19.3. The van der Waals surface area contributed by atoms with Gasteiger partial charge in [0.1, 0.15) is 11.5 Å².